The molecule has 1 N–H and O–H groups in total. The molecule has 116 valence electrons. The first kappa shape index (κ1) is 16.2. The Kier molecular flexibility index (Phi) is 4.61. The molecule has 0 aliphatic carbocycles. The Hall–Kier alpha value is -2.21. The van der Waals surface area contributed by atoms with E-state index < -0.39 is 21.6 Å². The largest absolute Gasteiger partial charge is 0.345 e. The molecule has 0 spiro atoms. The average molecular weight is 321 g/mol. The molecule has 4 nitrogen and oxygen atoms in total. The summed E-state index contributed by atoms with van der Waals surface area (Å²) in [5.41, 5.74) is 0.708. The molecule has 1 unspecified atom stereocenters. The quantitative estimate of drug-likeness (QED) is 0.942. The summed E-state index contributed by atoms with van der Waals surface area (Å²) in [6, 6.07) is 11.6. The molecule has 2 aromatic rings. The van der Waals surface area contributed by atoms with Crippen LogP contribution in [0.25, 0.3) is 0 Å². The molecular formula is C16H16FNO3S. The van der Waals surface area contributed by atoms with Crippen LogP contribution in [0.2, 0.25) is 0 Å². The first-order chi connectivity index (χ1) is 10.3. The molecule has 0 aliphatic rings. The molecule has 0 aromatic heterocycles. The van der Waals surface area contributed by atoms with Crippen LogP contribution in [-0.4, -0.2) is 20.6 Å². The number of nitrogens with one attached hydrogen (secondary N) is 1. The van der Waals surface area contributed by atoms with Gasteiger partial charge in [0, 0.05) is 6.26 Å². The normalized spacial score (nSPS) is 12.7. The Bertz CT molecular complexity index is 785. The number of carbonyl (C=O) groups is 1. The smallest absolute Gasteiger partial charge is 0.254 e. The zero-order valence-corrected chi connectivity index (χ0v) is 13.0. The number of halogens is 1. The summed E-state index contributed by atoms with van der Waals surface area (Å²) >= 11 is 0. The van der Waals surface area contributed by atoms with Crippen molar-refractivity contribution in [3.63, 3.8) is 0 Å². The molecule has 6 heteroatoms. The van der Waals surface area contributed by atoms with Gasteiger partial charge in [0.05, 0.1) is 16.5 Å². The standard InChI is InChI=1S/C16H16FNO3S/c1-11(12-7-9-13(10-8-12)22(2,20)21)18-16(19)14-5-3-4-6-15(14)17/h3-11H,1-2H3,(H,18,19). The highest BCUT2D eigenvalue weighted by Crippen LogP contribution is 2.17. The van der Waals surface area contributed by atoms with E-state index in [0.29, 0.717) is 0 Å². The first-order valence-corrected chi connectivity index (χ1v) is 8.53. The summed E-state index contributed by atoms with van der Waals surface area (Å²) in [6.07, 6.45) is 1.13. The van der Waals surface area contributed by atoms with Crippen LogP contribution >= 0.6 is 0 Å². The van der Waals surface area contributed by atoms with E-state index in [1.165, 1.54) is 30.3 Å². The van der Waals surface area contributed by atoms with Crippen LogP contribution in [0.5, 0.6) is 0 Å². The number of sulfone groups is 1. The average Bonchev–Trinajstić information content (AvgIpc) is 2.46. The molecular weight excluding hydrogens is 305 g/mol. The third-order valence-electron chi connectivity index (χ3n) is 3.27. The van der Waals surface area contributed by atoms with E-state index >= 15 is 0 Å². The summed E-state index contributed by atoms with van der Waals surface area (Å²) < 4.78 is 36.4. The fourth-order valence-corrected chi connectivity index (χ4v) is 2.64. The lowest BCUT2D eigenvalue weighted by molar-refractivity contribution is 0.0936. The minimum atomic E-state index is -3.25. The second-order valence-corrected chi connectivity index (χ2v) is 7.03. The third-order valence-corrected chi connectivity index (χ3v) is 4.40. The highest BCUT2D eigenvalue weighted by molar-refractivity contribution is 7.90. The summed E-state index contributed by atoms with van der Waals surface area (Å²) in [7, 11) is -3.25. The second-order valence-electron chi connectivity index (χ2n) is 5.02. The van der Waals surface area contributed by atoms with Crippen molar-refractivity contribution in [1.82, 2.24) is 5.32 Å². The van der Waals surface area contributed by atoms with Crippen molar-refractivity contribution in [2.24, 2.45) is 0 Å². The van der Waals surface area contributed by atoms with E-state index in [1.807, 2.05) is 0 Å². The zero-order chi connectivity index (χ0) is 16.3. The SMILES string of the molecule is CC(NC(=O)c1ccccc1F)c1ccc(S(C)(=O)=O)cc1. The molecule has 0 saturated heterocycles. The maximum atomic E-state index is 13.5. The van der Waals surface area contributed by atoms with Crippen molar-refractivity contribution in [3.05, 3.63) is 65.5 Å². The number of hydrogen-bond donors (Lipinski definition) is 1. The number of benzene rings is 2. The summed E-state index contributed by atoms with van der Waals surface area (Å²) in [5.74, 6) is -1.10. The van der Waals surface area contributed by atoms with Gasteiger partial charge in [0.15, 0.2) is 9.84 Å². The van der Waals surface area contributed by atoms with Gasteiger partial charge < -0.3 is 5.32 Å². The number of carbonyl (C=O) groups excluding carboxylic acids is 1. The first-order valence-electron chi connectivity index (χ1n) is 6.64. The number of rotatable bonds is 4. The topological polar surface area (TPSA) is 63.2 Å². The Balaban J connectivity index is 2.14. The summed E-state index contributed by atoms with van der Waals surface area (Å²) in [4.78, 5) is 12.2. The predicted octanol–water partition coefficient (Wildman–Crippen LogP) is 2.72. The lowest BCUT2D eigenvalue weighted by Crippen LogP contribution is -2.27. The van der Waals surface area contributed by atoms with Gasteiger partial charge in [-0.3, -0.25) is 4.79 Å². The van der Waals surface area contributed by atoms with Crippen LogP contribution in [0.1, 0.15) is 28.9 Å². The van der Waals surface area contributed by atoms with E-state index in [-0.39, 0.29) is 16.5 Å². The van der Waals surface area contributed by atoms with E-state index in [9.17, 15) is 17.6 Å². The molecule has 0 fully saturated rings. The molecule has 0 bridgehead atoms. The fraction of sp³-hybridized carbons (Fsp3) is 0.188. The van der Waals surface area contributed by atoms with Crippen LogP contribution in [0.3, 0.4) is 0 Å². The third kappa shape index (κ3) is 3.71. The van der Waals surface area contributed by atoms with E-state index in [0.717, 1.165) is 11.8 Å². The number of amides is 1. The van der Waals surface area contributed by atoms with Gasteiger partial charge >= 0.3 is 0 Å². The van der Waals surface area contributed by atoms with E-state index in [2.05, 4.69) is 5.32 Å². The molecule has 0 heterocycles. The van der Waals surface area contributed by atoms with Gasteiger partial charge in [-0.2, -0.15) is 0 Å². The second kappa shape index (κ2) is 6.27. The van der Waals surface area contributed by atoms with E-state index in [1.54, 1.807) is 25.1 Å². The van der Waals surface area contributed by atoms with Crippen LogP contribution in [-0.2, 0) is 9.84 Å². The van der Waals surface area contributed by atoms with Gasteiger partial charge in [0.25, 0.3) is 5.91 Å². The van der Waals surface area contributed by atoms with Gasteiger partial charge in [-0.1, -0.05) is 24.3 Å². The highest BCUT2D eigenvalue weighted by Gasteiger charge is 2.15. The highest BCUT2D eigenvalue weighted by atomic mass is 32.2. The van der Waals surface area contributed by atoms with Crippen LogP contribution in [0.15, 0.2) is 53.4 Å². The minimum absolute atomic E-state index is 0.0258. The van der Waals surface area contributed by atoms with Crippen molar-refractivity contribution in [2.45, 2.75) is 17.9 Å². The maximum Gasteiger partial charge on any atom is 0.254 e. The summed E-state index contributed by atoms with van der Waals surface area (Å²) in [6.45, 7) is 1.74. The zero-order valence-electron chi connectivity index (χ0n) is 12.2. The Morgan fingerprint density at radius 3 is 2.23 bits per heavy atom. The van der Waals surface area contributed by atoms with Crippen molar-refractivity contribution in [2.75, 3.05) is 6.26 Å². The van der Waals surface area contributed by atoms with E-state index in [4.69, 9.17) is 0 Å². The van der Waals surface area contributed by atoms with Gasteiger partial charge in [-0.15, -0.1) is 0 Å². The van der Waals surface area contributed by atoms with Crippen LogP contribution in [0, 0.1) is 5.82 Å². The van der Waals surface area contributed by atoms with Gasteiger partial charge in [-0.25, -0.2) is 12.8 Å². The van der Waals surface area contributed by atoms with Gasteiger partial charge in [-0.05, 0) is 36.8 Å². The van der Waals surface area contributed by atoms with Crippen molar-refractivity contribution < 1.29 is 17.6 Å². The Morgan fingerprint density at radius 1 is 1.09 bits per heavy atom. The van der Waals surface area contributed by atoms with Crippen LogP contribution in [0.4, 0.5) is 4.39 Å². The van der Waals surface area contributed by atoms with Crippen molar-refractivity contribution in [1.29, 1.82) is 0 Å². The molecule has 22 heavy (non-hydrogen) atoms. The monoisotopic (exact) mass is 321 g/mol. The fourth-order valence-electron chi connectivity index (χ4n) is 2.01. The van der Waals surface area contributed by atoms with Gasteiger partial charge in [0.2, 0.25) is 0 Å². The predicted molar refractivity (Wildman–Crippen MR) is 81.8 cm³/mol. The van der Waals surface area contributed by atoms with Crippen molar-refractivity contribution >= 4 is 15.7 Å². The number of hydrogen-bond acceptors (Lipinski definition) is 3. The van der Waals surface area contributed by atoms with Crippen LogP contribution < -0.4 is 5.32 Å². The molecule has 1 atom stereocenters. The Labute approximate surface area is 128 Å². The summed E-state index contributed by atoms with van der Waals surface area (Å²) in [5, 5.41) is 2.68. The minimum Gasteiger partial charge on any atom is -0.345 e. The molecule has 2 rings (SSSR count). The lowest BCUT2D eigenvalue weighted by atomic mass is 10.1. The lowest BCUT2D eigenvalue weighted by Gasteiger charge is -2.15. The molecule has 2 aromatic carbocycles. The van der Waals surface area contributed by atoms with Gasteiger partial charge in [0.1, 0.15) is 5.82 Å². The maximum absolute atomic E-state index is 13.5. The molecule has 0 saturated carbocycles. The molecule has 0 aliphatic heterocycles. The van der Waals surface area contributed by atoms with Crippen molar-refractivity contribution in [3.8, 4) is 0 Å². The Morgan fingerprint density at radius 2 is 1.68 bits per heavy atom. The molecule has 0 radical (unpaired) electrons. The molecule has 1 amide bonds.